The SMILES string of the molecule is CN(C)C1(C(=O)NC2CCN(CC3(O)CCCCC3)CC2)CCC1. The Morgan fingerprint density at radius 3 is 2.21 bits per heavy atom. The number of nitrogens with one attached hydrogen (secondary N) is 1. The minimum absolute atomic E-state index is 0.225. The van der Waals surface area contributed by atoms with E-state index in [-0.39, 0.29) is 11.4 Å². The Morgan fingerprint density at radius 2 is 1.71 bits per heavy atom. The Hall–Kier alpha value is -0.650. The molecule has 1 aliphatic heterocycles. The summed E-state index contributed by atoms with van der Waals surface area (Å²) >= 11 is 0. The molecule has 0 aromatic rings. The molecule has 24 heavy (non-hydrogen) atoms. The van der Waals surface area contributed by atoms with Gasteiger partial charge >= 0.3 is 0 Å². The Morgan fingerprint density at radius 1 is 1.08 bits per heavy atom. The summed E-state index contributed by atoms with van der Waals surface area (Å²) in [6, 6.07) is 0.298. The predicted octanol–water partition coefficient (Wildman–Crippen LogP) is 1.75. The zero-order valence-electron chi connectivity index (χ0n) is 15.5. The average Bonchev–Trinajstić information content (AvgIpc) is 2.48. The van der Waals surface area contributed by atoms with E-state index < -0.39 is 5.60 Å². The van der Waals surface area contributed by atoms with Gasteiger partial charge in [0.25, 0.3) is 0 Å². The van der Waals surface area contributed by atoms with E-state index in [1.807, 2.05) is 14.1 Å². The van der Waals surface area contributed by atoms with Crippen molar-refractivity contribution in [2.75, 3.05) is 33.7 Å². The Bertz CT molecular complexity index is 434. The van der Waals surface area contributed by atoms with Gasteiger partial charge in [-0.05, 0) is 59.0 Å². The van der Waals surface area contributed by atoms with Gasteiger partial charge in [-0.1, -0.05) is 19.3 Å². The smallest absolute Gasteiger partial charge is 0.240 e. The average molecular weight is 338 g/mol. The number of amides is 1. The number of piperidine rings is 1. The first-order chi connectivity index (χ1) is 11.4. The van der Waals surface area contributed by atoms with Crippen LogP contribution in [0.2, 0.25) is 0 Å². The number of β-amino-alcohol motifs (C(OH)–C–C–N with tert-alkyl or cyclic N) is 1. The van der Waals surface area contributed by atoms with E-state index in [2.05, 4.69) is 15.1 Å². The number of hydrogen-bond acceptors (Lipinski definition) is 4. The van der Waals surface area contributed by atoms with Crippen LogP contribution in [-0.4, -0.2) is 71.7 Å². The zero-order chi connectivity index (χ0) is 17.2. The van der Waals surface area contributed by atoms with Crippen LogP contribution >= 0.6 is 0 Å². The fourth-order valence-corrected chi connectivity index (χ4v) is 4.73. The maximum Gasteiger partial charge on any atom is 0.240 e. The molecule has 0 aromatic heterocycles. The first-order valence-corrected chi connectivity index (χ1v) is 9.87. The Kier molecular flexibility index (Phi) is 5.52. The maximum absolute atomic E-state index is 12.7. The molecule has 5 heteroatoms. The first kappa shape index (κ1) is 18.2. The van der Waals surface area contributed by atoms with Crippen LogP contribution in [0.3, 0.4) is 0 Å². The molecule has 3 aliphatic rings. The molecule has 0 spiro atoms. The summed E-state index contributed by atoms with van der Waals surface area (Å²) in [5.74, 6) is 0.225. The largest absolute Gasteiger partial charge is 0.389 e. The van der Waals surface area contributed by atoms with E-state index in [4.69, 9.17) is 0 Å². The number of likely N-dealkylation sites (tertiary alicyclic amines) is 1. The molecule has 0 unspecified atom stereocenters. The van der Waals surface area contributed by atoms with Gasteiger partial charge < -0.3 is 15.3 Å². The quantitative estimate of drug-likeness (QED) is 0.802. The van der Waals surface area contributed by atoms with E-state index in [0.717, 1.165) is 77.4 Å². The highest BCUT2D eigenvalue weighted by Crippen LogP contribution is 2.36. The fraction of sp³-hybridized carbons (Fsp3) is 0.947. The highest BCUT2D eigenvalue weighted by molar-refractivity contribution is 5.87. The molecule has 3 fully saturated rings. The van der Waals surface area contributed by atoms with Crippen LogP contribution < -0.4 is 5.32 Å². The van der Waals surface area contributed by atoms with Crippen molar-refractivity contribution in [2.24, 2.45) is 0 Å². The Labute approximate surface area is 146 Å². The lowest BCUT2D eigenvalue weighted by Crippen LogP contribution is -2.62. The van der Waals surface area contributed by atoms with Crippen LogP contribution in [0.1, 0.15) is 64.2 Å². The van der Waals surface area contributed by atoms with Gasteiger partial charge in [-0.2, -0.15) is 0 Å². The third-order valence-corrected chi connectivity index (χ3v) is 6.68. The van der Waals surface area contributed by atoms with Crippen molar-refractivity contribution < 1.29 is 9.90 Å². The zero-order valence-corrected chi connectivity index (χ0v) is 15.5. The molecule has 138 valence electrons. The molecule has 1 saturated heterocycles. The molecule has 0 radical (unpaired) electrons. The van der Waals surface area contributed by atoms with Crippen LogP contribution in [0.25, 0.3) is 0 Å². The highest BCUT2D eigenvalue weighted by atomic mass is 16.3. The molecule has 0 aromatic carbocycles. The Balaban J connectivity index is 1.44. The fourth-order valence-electron chi connectivity index (χ4n) is 4.73. The second-order valence-electron chi connectivity index (χ2n) is 8.59. The number of likely N-dealkylation sites (N-methyl/N-ethyl adjacent to an activating group) is 1. The molecule has 1 amide bonds. The maximum atomic E-state index is 12.7. The lowest BCUT2D eigenvalue weighted by atomic mass is 9.74. The van der Waals surface area contributed by atoms with Gasteiger partial charge in [0.1, 0.15) is 0 Å². The van der Waals surface area contributed by atoms with E-state index in [0.29, 0.717) is 6.04 Å². The number of aliphatic hydroxyl groups is 1. The molecule has 3 rings (SSSR count). The van der Waals surface area contributed by atoms with E-state index in [9.17, 15) is 9.90 Å². The normalized spacial score (nSPS) is 27.7. The van der Waals surface area contributed by atoms with Crippen molar-refractivity contribution >= 4 is 5.91 Å². The van der Waals surface area contributed by atoms with Crippen molar-refractivity contribution in [2.45, 2.75) is 81.4 Å². The van der Waals surface area contributed by atoms with Crippen LogP contribution in [-0.2, 0) is 4.79 Å². The van der Waals surface area contributed by atoms with Gasteiger partial charge in [-0.15, -0.1) is 0 Å². The lowest BCUT2D eigenvalue weighted by Gasteiger charge is -2.46. The topological polar surface area (TPSA) is 55.8 Å². The van der Waals surface area contributed by atoms with Gasteiger partial charge in [0, 0.05) is 25.7 Å². The van der Waals surface area contributed by atoms with Crippen LogP contribution in [0.4, 0.5) is 0 Å². The van der Waals surface area contributed by atoms with E-state index >= 15 is 0 Å². The minimum atomic E-state index is -0.463. The number of hydrogen-bond donors (Lipinski definition) is 2. The van der Waals surface area contributed by atoms with Gasteiger partial charge in [-0.3, -0.25) is 9.69 Å². The molecule has 1 heterocycles. The number of carbonyl (C=O) groups is 1. The minimum Gasteiger partial charge on any atom is -0.389 e. The molecular weight excluding hydrogens is 302 g/mol. The molecule has 0 atom stereocenters. The van der Waals surface area contributed by atoms with Gasteiger partial charge in [0.2, 0.25) is 5.91 Å². The summed E-state index contributed by atoms with van der Waals surface area (Å²) in [7, 11) is 4.04. The van der Waals surface area contributed by atoms with Gasteiger partial charge in [0.05, 0.1) is 11.1 Å². The highest BCUT2D eigenvalue weighted by Gasteiger charge is 2.46. The standard InChI is InChI=1S/C19H35N3O2/c1-21(2)19(11-6-12-19)17(23)20-16-7-13-22(14-8-16)15-18(24)9-4-3-5-10-18/h16,24H,3-15H2,1-2H3,(H,20,23). The molecular formula is C19H35N3O2. The van der Waals surface area contributed by atoms with Crippen molar-refractivity contribution in [1.82, 2.24) is 15.1 Å². The third-order valence-electron chi connectivity index (χ3n) is 6.68. The molecule has 0 bridgehead atoms. The van der Waals surface area contributed by atoms with Crippen molar-refractivity contribution in [3.05, 3.63) is 0 Å². The summed E-state index contributed by atoms with van der Waals surface area (Å²) in [6.45, 7) is 2.79. The number of rotatable bonds is 5. The summed E-state index contributed by atoms with van der Waals surface area (Å²) in [6.07, 6.45) is 10.6. The second-order valence-corrected chi connectivity index (χ2v) is 8.59. The second kappa shape index (κ2) is 7.30. The molecule has 2 N–H and O–H groups in total. The predicted molar refractivity (Wildman–Crippen MR) is 95.9 cm³/mol. The van der Waals surface area contributed by atoms with Crippen LogP contribution in [0, 0.1) is 0 Å². The van der Waals surface area contributed by atoms with Gasteiger partial charge in [0.15, 0.2) is 0 Å². The monoisotopic (exact) mass is 337 g/mol. The van der Waals surface area contributed by atoms with Crippen molar-refractivity contribution in [1.29, 1.82) is 0 Å². The van der Waals surface area contributed by atoms with Crippen LogP contribution in [0.15, 0.2) is 0 Å². The molecule has 2 saturated carbocycles. The first-order valence-electron chi connectivity index (χ1n) is 9.87. The lowest BCUT2D eigenvalue weighted by molar-refractivity contribution is -0.138. The van der Waals surface area contributed by atoms with Crippen LogP contribution in [0.5, 0.6) is 0 Å². The van der Waals surface area contributed by atoms with E-state index in [1.54, 1.807) is 0 Å². The summed E-state index contributed by atoms with van der Waals surface area (Å²) in [5, 5.41) is 14.0. The summed E-state index contributed by atoms with van der Waals surface area (Å²) in [5.41, 5.74) is -0.719. The van der Waals surface area contributed by atoms with Gasteiger partial charge in [-0.25, -0.2) is 0 Å². The van der Waals surface area contributed by atoms with E-state index in [1.165, 1.54) is 6.42 Å². The third kappa shape index (κ3) is 3.78. The van der Waals surface area contributed by atoms with Crippen molar-refractivity contribution in [3.63, 3.8) is 0 Å². The summed E-state index contributed by atoms with van der Waals surface area (Å²) in [4.78, 5) is 17.2. The molecule has 5 nitrogen and oxygen atoms in total. The summed E-state index contributed by atoms with van der Waals surface area (Å²) < 4.78 is 0. The van der Waals surface area contributed by atoms with Crippen molar-refractivity contribution in [3.8, 4) is 0 Å². The number of carbonyl (C=O) groups excluding carboxylic acids is 1. The molecule has 2 aliphatic carbocycles. The number of nitrogens with zero attached hydrogens (tertiary/aromatic N) is 2.